The van der Waals surface area contributed by atoms with E-state index in [0.29, 0.717) is 28.1 Å². The molecule has 0 saturated carbocycles. The maximum Gasteiger partial charge on any atom is 6.00 e. The molecule has 11 heteroatoms. The molecule has 11 aromatic rings. The molecule has 0 fully saturated rings. The van der Waals surface area contributed by atoms with Crippen molar-refractivity contribution < 1.29 is 29.1 Å². The van der Waals surface area contributed by atoms with E-state index < -0.39 is 0 Å². The van der Waals surface area contributed by atoms with Crippen LogP contribution in [0.3, 0.4) is 0 Å². The minimum atomic E-state index is -0.159. The van der Waals surface area contributed by atoms with Crippen LogP contribution in [0, 0.1) is 0 Å². The molecule has 0 unspecified atom stereocenters. The van der Waals surface area contributed by atoms with Crippen molar-refractivity contribution in [3.63, 3.8) is 0 Å². The number of benzene rings is 4. The van der Waals surface area contributed by atoms with Gasteiger partial charge in [-0.2, -0.15) is 0 Å². The molecular weight excluding hydrogens is 930 g/mol. The van der Waals surface area contributed by atoms with E-state index in [2.05, 4.69) is 80.6 Å². The molecule has 0 saturated heterocycles. The Balaban J connectivity index is 0.000000187. The van der Waals surface area contributed by atoms with Gasteiger partial charge in [-0.05, 0) is 108 Å². The van der Waals surface area contributed by atoms with Gasteiger partial charge in [0.15, 0.2) is 11.6 Å². The topological polar surface area (TPSA) is 129 Å². The summed E-state index contributed by atoms with van der Waals surface area (Å²) in [7, 11) is 0. The van der Waals surface area contributed by atoms with E-state index in [0.717, 1.165) is 66.9 Å². The van der Waals surface area contributed by atoms with E-state index in [1.54, 1.807) is 67.5 Å². The summed E-state index contributed by atoms with van der Waals surface area (Å²) in [4.78, 5) is 58.4. The zero-order valence-electron chi connectivity index (χ0n) is 37.3. The Morgan fingerprint density at radius 1 is 0.412 bits per heavy atom. The summed E-state index contributed by atoms with van der Waals surface area (Å²) in [5.74, 6) is 0.368. The number of hydrogen-bond donors (Lipinski definition) is 0. The molecule has 0 N–H and O–H groups in total. The fraction of sp³-hybridized carbons (Fsp3) is 0.0702. The maximum absolute atomic E-state index is 13.6. The van der Waals surface area contributed by atoms with Gasteiger partial charge in [-0.1, -0.05) is 87.5 Å². The van der Waals surface area contributed by atoms with Crippen LogP contribution in [0.4, 0.5) is 0 Å². The molecule has 12 rings (SSSR count). The van der Waals surface area contributed by atoms with Crippen LogP contribution in [0.1, 0.15) is 58.2 Å². The van der Waals surface area contributed by atoms with Crippen LogP contribution in [0.25, 0.3) is 72.7 Å². The predicted molar refractivity (Wildman–Crippen MR) is 264 cm³/mol. The van der Waals surface area contributed by atoms with Gasteiger partial charge in [-0.3, -0.25) is 44.1 Å². The van der Waals surface area contributed by atoms with Crippen molar-refractivity contribution in [1.29, 1.82) is 0 Å². The van der Waals surface area contributed by atoms with Crippen molar-refractivity contribution in [2.24, 2.45) is 0 Å². The molecule has 7 aromatic heterocycles. The number of carbonyl (C=O) groups excluding carboxylic acids is 2. The number of pyridine rings is 6. The molecular formula is C57H42N8O2Ru+6. The summed E-state index contributed by atoms with van der Waals surface area (Å²) >= 11 is 0. The largest absolute Gasteiger partial charge is 6.00 e. The van der Waals surface area contributed by atoms with Crippen LogP contribution in [-0.2, 0) is 24.9 Å². The summed E-state index contributed by atoms with van der Waals surface area (Å²) in [5, 5.41) is 1.83. The summed E-state index contributed by atoms with van der Waals surface area (Å²) < 4.78 is 2.14. The standard InChI is InChI=1S/C37H26N4O2.2C10H8N2.Ru/c1-37(2,3)22-13-15-23(16-14-22)41-33-28-11-7-19-39-31(28)30-27(10-6-18-38-30)32(33)40-36(41)21-12-17-26-29(20-21)35(43)25-9-5-4-8-24(25)34(26)42;2*1-3-7-11-9(5-1)10-6-2-4-8-12-10;/h4-20H,1-3H3;2*1-8H;/q;;;+6. The number of rotatable bonds is 4. The Labute approximate surface area is 405 Å². The zero-order chi connectivity index (χ0) is 45.9. The van der Waals surface area contributed by atoms with Gasteiger partial charge < -0.3 is 0 Å². The molecule has 10 nitrogen and oxygen atoms in total. The summed E-state index contributed by atoms with van der Waals surface area (Å²) in [6.45, 7) is 6.59. The van der Waals surface area contributed by atoms with E-state index in [1.807, 2.05) is 103 Å². The smallest absolute Gasteiger partial charge is 0.292 e. The van der Waals surface area contributed by atoms with E-state index in [-0.39, 0.29) is 36.5 Å². The van der Waals surface area contributed by atoms with Crippen molar-refractivity contribution in [3.8, 4) is 39.9 Å². The van der Waals surface area contributed by atoms with Gasteiger partial charge in [0.25, 0.3) is 0 Å². The van der Waals surface area contributed by atoms with Gasteiger partial charge in [-0.25, -0.2) is 4.98 Å². The SMILES string of the molecule is CC(C)(C)c1ccc(-n2c(-c3ccc4c(c3)C(=O)c3ccccc3C4=O)nc3c4cccnc4c4ncccc4c32)cc1.[Ru+6].c1ccc(-c2ccccn2)nc1.c1ccc(-c2ccccn2)nc1. The maximum atomic E-state index is 13.6. The second-order valence-electron chi connectivity index (χ2n) is 16.9. The molecule has 4 aromatic carbocycles. The van der Waals surface area contributed by atoms with Crippen LogP contribution in [0.15, 0.2) is 201 Å². The Bertz CT molecular complexity index is 3430. The van der Waals surface area contributed by atoms with Gasteiger partial charge in [0.05, 0.1) is 44.8 Å². The molecule has 1 aliphatic rings. The summed E-state index contributed by atoms with van der Waals surface area (Å²) in [5.41, 5.74) is 11.5. The summed E-state index contributed by atoms with van der Waals surface area (Å²) in [6.07, 6.45) is 10.6. The number of hydrogen-bond acceptors (Lipinski definition) is 9. The van der Waals surface area contributed by atoms with Gasteiger partial charge >= 0.3 is 19.5 Å². The Kier molecular flexibility index (Phi) is 12.7. The Morgan fingerprint density at radius 2 is 0.853 bits per heavy atom. The monoisotopic (exact) mass is 972 g/mol. The first-order valence-electron chi connectivity index (χ1n) is 21.9. The molecule has 1 aliphatic carbocycles. The number of imidazole rings is 1. The second kappa shape index (κ2) is 19.3. The normalized spacial score (nSPS) is 11.7. The van der Waals surface area contributed by atoms with Crippen LogP contribution < -0.4 is 0 Å². The van der Waals surface area contributed by atoms with Gasteiger partial charge in [-0.15, -0.1) is 0 Å². The third kappa shape index (κ3) is 8.75. The Morgan fingerprint density at radius 3 is 1.34 bits per heavy atom. The third-order valence-corrected chi connectivity index (χ3v) is 11.6. The average Bonchev–Trinajstić information content (AvgIpc) is 3.81. The van der Waals surface area contributed by atoms with Crippen LogP contribution in [0.2, 0.25) is 0 Å². The molecule has 0 bridgehead atoms. The quantitative estimate of drug-likeness (QED) is 0.125. The first-order valence-corrected chi connectivity index (χ1v) is 21.9. The summed E-state index contributed by atoms with van der Waals surface area (Å²) in [6, 6.07) is 52.1. The zero-order valence-corrected chi connectivity index (χ0v) is 39.0. The van der Waals surface area contributed by atoms with E-state index >= 15 is 0 Å². The Hall–Kier alpha value is -8.27. The fourth-order valence-corrected chi connectivity index (χ4v) is 8.28. The average molecular weight is 972 g/mol. The number of carbonyl (C=O) groups is 2. The van der Waals surface area contributed by atoms with E-state index in [9.17, 15) is 9.59 Å². The third-order valence-electron chi connectivity index (χ3n) is 11.6. The minimum absolute atomic E-state index is 0. The molecule has 7 heterocycles. The van der Waals surface area contributed by atoms with Crippen LogP contribution in [0.5, 0.6) is 0 Å². The molecule has 324 valence electrons. The van der Waals surface area contributed by atoms with Crippen molar-refractivity contribution in [1.82, 2.24) is 39.5 Å². The molecule has 0 atom stereocenters. The van der Waals surface area contributed by atoms with Gasteiger partial charge in [0, 0.05) is 81.5 Å². The number of aromatic nitrogens is 8. The second-order valence-corrected chi connectivity index (χ2v) is 16.9. The van der Waals surface area contributed by atoms with Crippen LogP contribution in [-0.4, -0.2) is 51.0 Å². The van der Waals surface area contributed by atoms with Crippen molar-refractivity contribution in [2.45, 2.75) is 26.2 Å². The van der Waals surface area contributed by atoms with E-state index in [1.165, 1.54) is 5.56 Å². The number of nitrogens with zero attached hydrogens (tertiary/aromatic N) is 8. The van der Waals surface area contributed by atoms with Crippen molar-refractivity contribution in [3.05, 3.63) is 229 Å². The number of ketones is 2. The predicted octanol–water partition coefficient (Wildman–Crippen LogP) is 12.1. The van der Waals surface area contributed by atoms with Gasteiger partial charge in [0.1, 0.15) is 5.82 Å². The van der Waals surface area contributed by atoms with Gasteiger partial charge in [0.2, 0.25) is 0 Å². The van der Waals surface area contributed by atoms with Crippen molar-refractivity contribution in [2.75, 3.05) is 0 Å². The molecule has 68 heavy (non-hydrogen) atoms. The molecule has 0 radical (unpaired) electrons. The minimum Gasteiger partial charge on any atom is -0.292 e. The fourth-order valence-electron chi connectivity index (χ4n) is 8.28. The van der Waals surface area contributed by atoms with E-state index in [4.69, 9.17) is 9.97 Å². The molecule has 0 aliphatic heterocycles. The first kappa shape index (κ1) is 44.9. The molecule has 0 spiro atoms. The van der Waals surface area contributed by atoms with Crippen molar-refractivity contribution >= 4 is 44.4 Å². The van der Waals surface area contributed by atoms with Crippen LogP contribution >= 0.6 is 0 Å². The number of fused-ring (bicyclic) bond motifs is 8. The molecule has 0 amide bonds. The first-order chi connectivity index (χ1) is 32.7.